The Morgan fingerprint density at radius 1 is 1.29 bits per heavy atom. The molecule has 0 aliphatic rings. The van der Waals surface area contributed by atoms with E-state index < -0.39 is 6.36 Å². The Hall–Kier alpha value is -0.890. The molecule has 1 unspecified atom stereocenters. The lowest BCUT2D eigenvalue weighted by atomic mass is 10.2. The molecule has 1 aromatic rings. The van der Waals surface area contributed by atoms with Crippen LogP contribution in [0.1, 0.15) is 31.7 Å². The third kappa shape index (κ3) is 4.38. The Balaban J connectivity index is 2.20. The fraction of sp³-hybridized carbons (Fsp3) is 0.500. The molecule has 0 radical (unpaired) electrons. The molecule has 1 rings (SSSR count). The SMILES string of the molecule is CCCCC(F)OCc1ccccc1. The van der Waals surface area contributed by atoms with Gasteiger partial charge in [-0.1, -0.05) is 43.7 Å². The second-order valence-corrected chi connectivity index (χ2v) is 3.35. The van der Waals surface area contributed by atoms with Crippen LogP contribution in [0.15, 0.2) is 30.3 Å². The molecule has 0 fully saturated rings. The van der Waals surface area contributed by atoms with Crippen molar-refractivity contribution in [3.8, 4) is 0 Å². The minimum absolute atomic E-state index is 0.367. The molecule has 1 aromatic carbocycles. The lowest BCUT2D eigenvalue weighted by Gasteiger charge is -2.08. The number of benzene rings is 1. The van der Waals surface area contributed by atoms with Gasteiger partial charge in [0.2, 0.25) is 0 Å². The quantitative estimate of drug-likeness (QED) is 0.674. The molecule has 0 amide bonds. The third-order valence-electron chi connectivity index (χ3n) is 2.06. The maximum Gasteiger partial charge on any atom is 0.199 e. The zero-order valence-corrected chi connectivity index (χ0v) is 8.58. The summed E-state index contributed by atoms with van der Waals surface area (Å²) in [6, 6.07) is 9.67. The Labute approximate surface area is 84.9 Å². The number of hydrogen-bond acceptors (Lipinski definition) is 1. The van der Waals surface area contributed by atoms with E-state index in [-0.39, 0.29) is 0 Å². The lowest BCUT2D eigenvalue weighted by Crippen LogP contribution is -2.05. The van der Waals surface area contributed by atoms with Crippen molar-refractivity contribution in [2.75, 3.05) is 0 Å². The topological polar surface area (TPSA) is 9.23 Å². The van der Waals surface area contributed by atoms with Crippen molar-refractivity contribution < 1.29 is 9.13 Å². The van der Waals surface area contributed by atoms with Crippen molar-refractivity contribution in [2.45, 2.75) is 39.2 Å². The predicted octanol–water partition coefficient (Wildman–Crippen LogP) is 3.69. The van der Waals surface area contributed by atoms with Gasteiger partial charge < -0.3 is 4.74 Å². The van der Waals surface area contributed by atoms with Gasteiger partial charge in [-0.15, -0.1) is 0 Å². The Morgan fingerprint density at radius 2 is 2.00 bits per heavy atom. The van der Waals surface area contributed by atoms with E-state index in [0.717, 1.165) is 18.4 Å². The van der Waals surface area contributed by atoms with Gasteiger partial charge in [-0.3, -0.25) is 0 Å². The molecule has 0 spiro atoms. The summed E-state index contributed by atoms with van der Waals surface area (Å²) in [5, 5.41) is 0. The fourth-order valence-electron chi connectivity index (χ4n) is 1.21. The lowest BCUT2D eigenvalue weighted by molar-refractivity contribution is -0.0545. The molecule has 14 heavy (non-hydrogen) atoms. The molecule has 0 N–H and O–H groups in total. The molecule has 1 atom stereocenters. The van der Waals surface area contributed by atoms with Crippen LogP contribution in [0.25, 0.3) is 0 Å². The van der Waals surface area contributed by atoms with Crippen LogP contribution in [0, 0.1) is 0 Å². The monoisotopic (exact) mass is 196 g/mol. The van der Waals surface area contributed by atoms with Crippen LogP contribution in [-0.2, 0) is 11.3 Å². The summed E-state index contributed by atoms with van der Waals surface area (Å²) in [6.07, 6.45) is 1.28. The van der Waals surface area contributed by atoms with Crippen molar-refractivity contribution in [3.63, 3.8) is 0 Å². The zero-order valence-electron chi connectivity index (χ0n) is 8.58. The minimum Gasteiger partial charge on any atom is -0.343 e. The largest absolute Gasteiger partial charge is 0.343 e. The number of hydrogen-bond donors (Lipinski definition) is 0. The van der Waals surface area contributed by atoms with Gasteiger partial charge in [0.05, 0.1) is 6.61 Å². The highest BCUT2D eigenvalue weighted by Crippen LogP contribution is 2.09. The van der Waals surface area contributed by atoms with E-state index >= 15 is 0 Å². The summed E-state index contributed by atoms with van der Waals surface area (Å²) in [7, 11) is 0. The van der Waals surface area contributed by atoms with Crippen LogP contribution >= 0.6 is 0 Å². The number of alkyl halides is 1. The maximum absolute atomic E-state index is 13.1. The normalized spacial score (nSPS) is 12.7. The minimum atomic E-state index is -1.12. The van der Waals surface area contributed by atoms with Crippen LogP contribution < -0.4 is 0 Å². The number of rotatable bonds is 6. The number of halogens is 1. The van der Waals surface area contributed by atoms with Gasteiger partial charge in [0.1, 0.15) is 0 Å². The summed E-state index contributed by atoms with van der Waals surface area (Å²) >= 11 is 0. The van der Waals surface area contributed by atoms with Crippen molar-refractivity contribution in [3.05, 3.63) is 35.9 Å². The van der Waals surface area contributed by atoms with E-state index in [1.54, 1.807) is 0 Å². The first-order valence-electron chi connectivity index (χ1n) is 5.12. The van der Waals surface area contributed by atoms with Crippen molar-refractivity contribution in [1.82, 2.24) is 0 Å². The van der Waals surface area contributed by atoms with Crippen LogP contribution in [-0.4, -0.2) is 6.36 Å². The van der Waals surface area contributed by atoms with Crippen LogP contribution in [0.3, 0.4) is 0 Å². The summed E-state index contributed by atoms with van der Waals surface area (Å²) < 4.78 is 18.1. The van der Waals surface area contributed by atoms with Gasteiger partial charge in [-0.25, -0.2) is 4.39 Å². The van der Waals surface area contributed by atoms with Crippen molar-refractivity contribution in [1.29, 1.82) is 0 Å². The van der Waals surface area contributed by atoms with E-state index in [2.05, 4.69) is 0 Å². The Bertz CT molecular complexity index is 235. The van der Waals surface area contributed by atoms with Gasteiger partial charge >= 0.3 is 0 Å². The third-order valence-corrected chi connectivity index (χ3v) is 2.06. The summed E-state index contributed by atoms with van der Waals surface area (Å²) in [4.78, 5) is 0. The average molecular weight is 196 g/mol. The Kier molecular flexibility index (Phi) is 5.23. The molecule has 78 valence electrons. The second-order valence-electron chi connectivity index (χ2n) is 3.35. The van der Waals surface area contributed by atoms with Crippen molar-refractivity contribution >= 4 is 0 Å². The molecule has 0 aromatic heterocycles. The first-order valence-corrected chi connectivity index (χ1v) is 5.12. The number of ether oxygens (including phenoxy) is 1. The fourth-order valence-corrected chi connectivity index (χ4v) is 1.21. The summed E-state index contributed by atoms with van der Waals surface area (Å²) in [5.74, 6) is 0. The molecule has 0 saturated carbocycles. The van der Waals surface area contributed by atoms with E-state index in [4.69, 9.17) is 4.74 Å². The van der Waals surface area contributed by atoms with Crippen LogP contribution in [0.2, 0.25) is 0 Å². The first-order chi connectivity index (χ1) is 6.83. The molecule has 0 bridgehead atoms. The van der Waals surface area contributed by atoms with Gasteiger partial charge in [-0.2, -0.15) is 0 Å². The van der Waals surface area contributed by atoms with Crippen LogP contribution in [0.5, 0.6) is 0 Å². The maximum atomic E-state index is 13.1. The van der Waals surface area contributed by atoms with E-state index in [9.17, 15) is 4.39 Å². The molecule has 1 nitrogen and oxygen atoms in total. The van der Waals surface area contributed by atoms with Gasteiger partial charge in [-0.05, 0) is 12.0 Å². The molecule has 0 heterocycles. The smallest absolute Gasteiger partial charge is 0.199 e. The zero-order chi connectivity index (χ0) is 10.2. The molecular formula is C12H17FO. The van der Waals surface area contributed by atoms with Crippen molar-refractivity contribution in [2.24, 2.45) is 0 Å². The molecule has 0 saturated heterocycles. The van der Waals surface area contributed by atoms with E-state index in [0.29, 0.717) is 13.0 Å². The molecule has 0 aliphatic carbocycles. The molecule has 0 aliphatic heterocycles. The summed E-state index contributed by atoms with van der Waals surface area (Å²) in [6.45, 7) is 2.41. The van der Waals surface area contributed by atoms with Crippen LogP contribution in [0.4, 0.5) is 4.39 Å². The summed E-state index contributed by atoms with van der Waals surface area (Å²) in [5.41, 5.74) is 1.02. The van der Waals surface area contributed by atoms with E-state index in [1.807, 2.05) is 37.3 Å². The highest BCUT2D eigenvalue weighted by molar-refractivity contribution is 5.13. The average Bonchev–Trinajstić information content (AvgIpc) is 2.25. The standard InChI is InChI=1S/C12H17FO/c1-2-3-9-12(13)14-10-11-7-5-4-6-8-11/h4-8,12H,2-3,9-10H2,1H3. The highest BCUT2D eigenvalue weighted by Gasteiger charge is 2.05. The van der Waals surface area contributed by atoms with E-state index in [1.165, 1.54) is 0 Å². The number of unbranched alkanes of at least 4 members (excludes halogenated alkanes) is 1. The molecule has 2 heteroatoms. The van der Waals surface area contributed by atoms with Gasteiger partial charge in [0.15, 0.2) is 6.36 Å². The van der Waals surface area contributed by atoms with Gasteiger partial charge in [0, 0.05) is 6.42 Å². The first kappa shape index (κ1) is 11.2. The Morgan fingerprint density at radius 3 is 2.64 bits per heavy atom. The second kappa shape index (κ2) is 6.55. The predicted molar refractivity (Wildman–Crippen MR) is 55.7 cm³/mol. The van der Waals surface area contributed by atoms with Gasteiger partial charge in [0.25, 0.3) is 0 Å². The highest BCUT2D eigenvalue weighted by atomic mass is 19.1. The molecular weight excluding hydrogens is 179 g/mol.